The van der Waals surface area contributed by atoms with Gasteiger partial charge in [-0.15, -0.1) is 0 Å². The van der Waals surface area contributed by atoms with Crippen LogP contribution in [0.1, 0.15) is 42.4 Å². The zero-order valence-corrected chi connectivity index (χ0v) is 20.5. The number of likely N-dealkylation sites (tertiary alicyclic amines) is 1. The van der Waals surface area contributed by atoms with Gasteiger partial charge in [0.15, 0.2) is 0 Å². The zero-order chi connectivity index (χ0) is 23.3. The third-order valence-corrected chi connectivity index (χ3v) is 8.60. The van der Waals surface area contributed by atoms with E-state index in [0.717, 1.165) is 25.2 Å². The van der Waals surface area contributed by atoms with E-state index < -0.39 is 10.0 Å². The molecule has 4 rings (SSSR count). The summed E-state index contributed by atoms with van der Waals surface area (Å²) in [4.78, 5) is 15.2. The van der Waals surface area contributed by atoms with Crippen molar-refractivity contribution in [3.63, 3.8) is 0 Å². The highest BCUT2D eigenvalue weighted by atomic mass is 35.5. The Balaban J connectivity index is 1.25. The SMILES string of the molecule is O=C(NCc1cccc(CN2CCCC2)c1)C1CCN(S(=O)(=O)Cc2cccc(Cl)c2)CC1. The number of carbonyl (C=O) groups is 1. The molecule has 178 valence electrons. The molecule has 8 heteroatoms. The monoisotopic (exact) mass is 489 g/mol. The summed E-state index contributed by atoms with van der Waals surface area (Å²) in [6, 6.07) is 15.3. The second-order valence-corrected chi connectivity index (χ2v) is 11.5. The van der Waals surface area contributed by atoms with Gasteiger partial charge in [-0.3, -0.25) is 9.69 Å². The molecule has 0 bridgehead atoms. The molecule has 2 heterocycles. The number of amides is 1. The Morgan fingerprint density at radius 3 is 2.33 bits per heavy atom. The quantitative estimate of drug-likeness (QED) is 0.612. The first-order valence-corrected chi connectivity index (χ1v) is 13.7. The number of carbonyl (C=O) groups excluding carboxylic acids is 1. The first kappa shape index (κ1) is 24.2. The number of nitrogens with zero attached hydrogens (tertiary/aromatic N) is 2. The van der Waals surface area contributed by atoms with E-state index in [0.29, 0.717) is 43.1 Å². The molecule has 1 amide bonds. The highest BCUT2D eigenvalue weighted by Crippen LogP contribution is 2.23. The van der Waals surface area contributed by atoms with Crippen LogP contribution in [0, 0.1) is 5.92 Å². The summed E-state index contributed by atoms with van der Waals surface area (Å²) in [5, 5.41) is 3.58. The first-order chi connectivity index (χ1) is 15.9. The van der Waals surface area contributed by atoms with Crippen LogP contribution in [0.3, 0.4) is 0 Å². The molecule has 0 spiro atoms. The van der Waals surface area contributed by atoms with Crippen molar-refractivity contribution < 1.29 is 13.2 Å². The van der Waals surface area contributed by atoms with E-state index in [9.17, 15) is 13.2 Å². The van der Waals surface area contributed by atoms with Gasteiger partial charge in [-0.25, -0.2) is 12.7 Å². The summed E-state index contributed by atoms with van der Waals surface area (Å²) in [5.74, 6) is -0.222. The van der Waals surface area contributed by atoms with Crippen molar-refractivity contribution >= 4 is 27.5 Å². The Kier molecular flexibility index (Phi) is 8.07. The van der Waals surface area contributed by atoms with Gasteiger partial charge in [0.1, 0.15) is 0 Å². The lowest BCUT2D eigenvalue weighted by Gasteiger charge is -2.30. The molecule has 0 aliphatic carbocycles. The van der Waals surface area contributed by atoms with Crippen LogP contribution in [0.4, 0.5) is 0 Å². The normalized spacial score (nSPS) is 18.5. The van der Waals surface area contributed by atoms with Crippen molar-refractivity contribution in [1.29, 1.82) is 0 Å². The van der Waals surface area contributed by atoms with Crippen molar-refractivity contribution in [3.05, 3.63) is 70.2 Å². The molecule has 0 unspecified atom stereocenters. The van der Waals surface area contributed by atoms with Crippen LogP contribution in [0.15, 0.2) is 48.5 Å². The Labute approximate surface area is 202 Å². The fourth-order valence-corrected chi connectivity index (χ4v) is 6.46. The fourth-order valence-electron chi connectivity index (χ4n) is 4.70. The summed E-state index contributed by atoms with van der Waals surface area (Å²) < 4.78 is 27.1. The minimum atomic E-state index is -3.43. The van der Waals surface area contributed by atoms with Crippen molar-refractivity contribution in [3.8, 4) is 0 Å². The molecule has 2 aromatic rings. The average Bonchev–Trinajstić information content (AvgIpc) is 3.30. The number of sulfonamides is 1. The lowest BCUT2D eigenvalue weighted by molar-refractivity contribution is -0.126. The lowest BCUT2D eigenvalue weighted by Crippen LogP contribution is -2.43. The fraction of sp³-hybridized carbons (Fsp3) is 0.480. The first-order valence-electron chi connectivity index (χ1n) is 11.7. The van der Waals surface area contributed by atoms with Crippen molar-refractivity contribution in [2.24, 2.45) is 5.92 Å². The Hall–Kier alpha value is -1.93. The number of hydrogen-bond donors (Lipinski definition) is 1. The van der Waals surface area contributed by atoms with Crippen molar-refractivity contribution in [2.45, 2.75) is 44.5 Å². The number of benzene rings is 2. The molecular formula is C25H32ClN3O3S. The van der Waals surface area contributed by atoms with Gasteiger partial charge in [-0.2, -0.15) is 0 Å². The van der Waals surface area contributed by atoms with Crippen molar-refractivity contribution in [2.75, 3.05) is 26.2 Å². The van der Waals surface area contributed by atoms with Gasteiger partial charge in [0.05, 0.1) is 5.75 Å². The maximum atomic E-state index is 12.8. The second kappa shape index (κ2) is 11.0. The van der Waals surface area contributed by atoms with Gasteiger partial charge in [0, 0.05) is 37.1 Å². The maximum absolute atomic E-state index is 12.8. The highest BCUT2D eigenvalue weighted by molar-refractivity contribution is 7.88. The van der Waals surface area contributed by atoms with Gasteiger partial charge in [-0.05, 0) is 67.6 Å². The number of hydrogen-bond acceptors (Lipinski definition) is 4. The number of rotatable bonds is 8. The second-order valence-electron chi connectivity index (χ2n) is 9.08. The van der Waals surface area contributed by atoms with Gasteiger partial charge >= 0.3 is 0 Å². The molecule has 2 fully saturated rings. The molecule has 0 saturated carbocycles. The lowest BCUT2D eigenvalue weighted by atomic mass is 9.97. The van der Waals surface area contributed by atoms with E-state index in [4.69, 9.17) is 11.6 Å². The van der Waals surface area contributed by atoms with Crippen LogP contribution in [0.25, 0.3) is 0 Å². The molecule has 0 atom stereocenters. The number of halogens is 1. The Morgan fingerprint density at radius 1 is 0.939 bits per heavy atom. The van der Waals surface area contributed by atoms with E-state index >= 15 is 0 Å². The van der Waals surface area contributed by atoms with Crippen LogP contribution < -0.4 is 5.32 Å². The summed E-state index contributed by atoms with van der Waals surface area (Å²) in [6.07, 6.45) is 3.62. The molecule has 1 N–H and O–H groups in total. The molecule has 2 aromatic carbocycles. The van der Waals surface area contributed by atoms with E-state index in [-0.39, 0.29) is 17.6 Å². The third-order valence-electron chi connectivity index (χ3n) is 6.52. The topological polar surface area (TPSA) is 69.7 Å². The van der Waals surface area contributed by atoms with Gasteiger partial charge in [0.25, 0.3) is 0 Å². The molecule has 2 saturated heterocycles. The summed E-state index contributed by atoms with van der Waals surface area (Å²) in [6.45, 7) is 4.52. The highest BCUT2D eigenvalue weighted by Gasteiger charge is 2.31. The third kappa shape index (κ3) is 6.79. The summed E-state index contributed by atoms with van der Waals surface area (Å²) in [5.41, 5.74) is 3.05. The van der Waals surface area contributed by atoms with E-state index in [2.05, 4.69) is 28.4 Å². The van der Waals surface area contributed by atoms with Gasteiger partial charge in [-0.1, -0.05) is 48.0 Å². The maximum Gasteiger partial charge on any atom is 0.223 e. The molecule has 0 radical (unpaired) electrons. The largest absolute Gasteiger partial charge is 0.352 e. The number of piperidine rings is 1. The molecular weight excluding hydrogens is 458 g/mol. The average molecular weight is 490 g/mol. The smallest absolute Gasteiger partial charge is 0.223 e. The van der Waals surface area contributed by atoms with Crippen LogP contribution in [-0.4, -0.2) is 49.7 Å². The molecule has 0 aromatic heterocycles. The van der Waals surface area contributed by atoms with Crippen LogP contribution in [0.2, 0.25) is 5.02 Å². The Bertz CT molecular complexity index is 1060. The van der Waals surface area contributed by atoms with Crippen molar-refractivity contribution in [1.82, 2.24) is 14.5 Å². The zero-order valence-electron chi connectivity index (χ0n) is 18.9. The predicted molar refractivity (Wildman–Crippen MR) is 131 cm³/mol. The van der Waals surface area contributed by atoms with E-state index in [1.165, 1.54) is 22.7 Å². The molecule has 6 nitrogen and oxygen atoms in total. The molecule has 2 aliphatic rings. The molecule has 33 heavy (non-hydrogen) atoms. The van der Waals surface area contributed by atoms with E-state index in [1.807, 2.05) is 6.07 Å². The van der Waals surface area contributed by atoms with Gasteiger partial charge in [0.2, 0.25) is 15.9 Å². The minimum Gasteiger partial charge on any atom is -0.352 e. The standard InChI is InChI=1S/C25H32ClN3O3S/c26-24-8-4-7-22(16-24)19-33(31,32)29-13-9-23(10-14-29)25(30)27-17-20-5-3-6-21(15-20)18-28-11-1-2-12-28/h3-8,15-16,23H,1-2,9-14,17-19H2,(H,27,30). The Morgan fingerprint density at radius 2 is 1.61 bits per heavy atom. The number of nitrogens with one attached hydrogen (secondary N) is 1. The minimum absolute atomic E-state index is 0.00633. The van der Waals surface area contributed by atoms with Crippen LogP contribution >= 0.6 is 11.6 Å². The van der Waals surface area contributed by atoms with E-state index in [1.54, 1.807) is 24.3 Å². The van der Waals surface area contributed by atoms with Crippen LogP contribution in [0.5, 0.6) is 0 Å². The predicted octanol–water partition coefficient (Wildman–Crippen LogP) is 3.79. The van der Waals surface area contributed by atoms with Gasteiger partial charge < -0.3 is 5.32 Å². The molecule has 2 aliphatic heterocycles. The summed E-state index contributed by atoms with van der Waals surface area (Å²) in [7, 11) is -3.43. The summed E-state index contributed by atoms with van der Waals surface area (Å²) >= 11 is 5.98. The van der Waals surface area contributed by atoms with Crippen LogP contribution in [-0.2, 0) is 33.7 Å².